The van der Waals surface area contributed by atoms with Crippen LogP contribution in [-0.4, -0.2) is 39.0 Å². The molecule has 0 fully saturated rings. The van der Waals surface area contributed by atoms with E-state index in [-0.39, 0.29) is 6.03 Å². The van der Waals surface area contributed by atoms with Gasteiger partial charge in [-0.05, 0) is 19.1 Å². The molecule has 114 valence electrons. The van der Waals surface area contributed by atoms with Gasteiger partial charge < -0.3 is 4.90 Å². The van der Waals surface area contributed by atoms with E-state index in [2.05, 4.69) is 32.8 Å². The average Bonchev–Trinajstić information content (AvgIpc) is 3.02. The van der Waals surface area contributed by atoms with Gasteiger partial charge in [-0.25, -0.2) is 4.79 Å². The summed E-state index contributed by atoms with van der Waals surface area (Å²) in [5.74, 6) is 0. The number of hydrogen-bond donors (Lipinski definition) is 0. The molecule has 5 nitrogen and oxygen atoms in total. The number of carbonyl (C=O) groups excluding carboxylic acids is 1. The Morgan fingerprint density at radius 1 is 1.41 bits per heavy atom. The molecule has 1 heterocycles. The number of rotatable bonds is 5. The summed E-state index contributed by atoms with van der Waals surface area (Å²) in [6.07, 6.45) is 7.01. The first-order valence-electron chi connectivity index (χ1n) is 6.90. The molecule has 0 aliphatic heterocycles. The molecule has 2 aromatic rings. The third-order valence-corrected chi connectivity index (χ3v) is 3.61. The number of aromatic nitrogens is 3. The summed E-state index contributed by atoms with van der Waals surface area (Å²) in [6.45, 7) is 6.63. The molecule has 0 saturated carbocycles. The number of hydrogen-bond acceptors (Lipinski definition) is 3. The van der Waals surface area contributed by atoms with E-state index < -0.39 is 0 Å². The van der Waals surface area contributed by atoms with Crippen LogP contribution in [0.2, 0.25) is 0 Å². The SMILES string of the molecule is C=CC=CCN(CC)C(=O)n1cc(-c2ccc(Br)cc2)nn1. The molecule has 0 aliphatic rings. The maximum atomic E-state index is 12.4. The Morgan fingerprint density at radius 3 is 2.77 bits per heavy atom. The van der Waals surface area contributed by atoms with Crippen LogP contribution in [0.15, 0.2) is 59.7 Å². The predicted octanol–water partition coefficient (Wildman–Crippen LogP) is 3.74. The van der Waals surface area contributed by atoms with Crippen LogP contribution in [0.1, 0.15) is 6.92 Å². The lowest BCUT2D eigenvalue weighted by molar-refractivity contribution is 0.203. The van der Waals surface area contributed by atoms with Crippen molar-refractivity contribution in [1.82, 2.24) is 19.9 Å². The van der Waals surface area contributed by atoms with Crippen LogP contribution in [0.25, 0.3) is 11.3 Å². The quantitative estimate of drug-likeness (QED) is 0.763. The Bertz CT molecular complexity index is 676. The molecule has 0 radical (unpaired) electrons. The van der Waals surface area contributed by atoms with Crippen LogP contribution >= 0.6 is 15.9 Å². The highest BCUT2D eigenvalue weighted by Crippen LogP contribution is 2.19. The first kappa shape index (κ1) is 16.2. The monoisotopic (exact) mass is 360 g/mol. The summed E-state index contributed by atoms with van der Waals surface area (Å²) in [4.78, 5) is 14.1. The van der Waals surface area contributed by atoms with E-state index in [9.17, 15) is 4.79 Å². The van der Waals surface area contributed by atoms with Gasteiger partial charge in [0.15, 0.2) is 0 Å². The van der Waals surface area contributed by atoms with Crippen LogP contribution in [0.3, 0.4) is 0 Å². The summed E-state index contributed by atoms with van der Waals surface area (Å²) < 4.78 is 2.26. The normalized spacial score (nSPS) is 10.8. The molecule has 22 heavy (non-hydrogen) atoms. The Balaban J connectivity index is 2.15. The average molecular weight is 361 g/mol. The number of nitrogens with zero attached hydrogens (tertiary/aromatic N) is 4. The van der Waals surface area contributed by atoms with Crippen molar-refractivity contribution in [3.8, 4) is 11.3 Å². The lowest BCUT2D eigenvalue weighted by Gasteiger charge is -2.17. The standard InChI is InChI=1S/C16H17BrN4O/c1-3-5-6-11-20(4-2)16(22)21-12-15(18-19-21)13-7-9-14(17)10-8-13/h3,5-10,12H,1,4,11H2,2H3. The number of allylic oxidation sites excluding steroid dienone is 2. The van der Waals surface area contributed by atoms with Crippen LogP contribution in [0.5, 0.6) is 0 Å². The van der Waals surface area contributed by atoms with E-state index in [0.717, 1.165) is 10.0 Å². The number of amides is 1. The van der Waals surface area contributed by atoms with Gasteiger partial charge in [0.2, 0.25) is 0 Å². The van der Waals surface area contributed by atoms with Crippen molar-refractivity contribution < 1.29 is 4.79 Å². The molecule has 1 aromatic carbocycles. The predicted molar refractivity (Wildman–Crippen MR) is 90.5 cm³/mol. The summed E-state index contributed by atoms with van der Waals surface area (Å²) in [7, 11) is 0. The fourth-order valence-electron chi connectivity index (χ4n) is 1.88. The van der Waals surface area contributed by atoms with Crippen molar-refractivity contribution in [3.63, 3.8) is 0 Å². The Kier molecular flexibility index (Phi) is 5.66. The molecule has 6 heteroatoms. The van der Waals surface area contributed by atoms with E-state index in [1.165, 1.54) is 4.68 Å². The second-order valence-corrected chi connectivity index (χ2v) is 5.46. The van der Waals surface area contributed by atoms with Gasteiger partial charge in [0.05, 0.1) is 6.20 Å². The van der Waals surface area contributed by atoms with Gasteiger partial charge in [0, 0.05) is 23.1 Å². The number of halogens is 1. The largest absolute Gasteiger partial charge is 0.346 e. The summed E-state index contributed by atoms with van der Waals surface area (Å²) in [5.41, 5.74) is 1.58. The second kappa shape index (κ2) is 7.70. The molecule has 0 spiro atoms. The fourth-order valence-corrected chi connectivity index (χ4v) is 2.15. The van der Waals surface area contributed by atoms with Crippen LogP contribution < -0.4 is 0 Å². The highest BCUT2D eigenvalue weighted by molar-refractivity contribution is 9.10. The molecule has 0 aliphatic carbocycles. The van der Waals surface area contributed by atoms with E-state index in [1.807, 2.05) is 43.3 Å². The lowest BCUT2D eigenvalue weighted by atomic mass is 10.2. The zero-order chi connectivity index (χ0) is 15.9. The molecule has 0 atom stereocenters. The molecule has 0 bridgehead atoms. The van der Waals surface area contributed by atoms with Gasteiger partial charge >= 0.3 is 6.03 Å². The Hall–Kier alpha value is -2.21. The fraction of sp³-hybridized carbons (Fsp3) is 0.188. The van der Waals surface area contributed by atoms with Gasteiger partial charge in [0.25, 0.3) is 0 Å². The van der Waals surface area contributed by atoms with Crippen molar-refractivity contribution >= 4 is 22.0 Å². The smallest absolute Gasteiger partial charge is 0.319 e. The Labute approximate surface area is 138 Å². The summed E-state index contributed by atoms with van der Waals surface area (Å²) in [5, 5.41) is 8.00. The van der Waals surface area contributed by atoms with Gasteiger partial charge in [-0.2, -0.15) is 4.68 Å². The molecule has 0 unspecified atom stereocenters. The first-order chi connectivity index (χ1) is 10.7. The highest BCUT2D eigenvalue weighted by Gasteiger charge is 2.15. The molecule has 2 rings (SSSR count). The lowest BCUT2D eigenvalue weighted by Crippen LogP contribution is -2.35. The second-order valence-electron chi connectivity index (χ2n) is 4.54. The zero-order valence-electron chi connectivity index (χ0n) is 12.3. The molecule has 1 aromatic heterocycles. The van der Waals surface area contributed by atoms with E-state index in [1.54, 1.807) is 17.2 Å². The van der Waals surface area contributed by atoms with Gasteiger partial charge in [-0.1, -0.05) is 58.1 Å². The van der Waals surface area contributed by atoms with Gasteiger partial charge in [0.1, 0.15) is 5.69 Å². The topological polar surface area (TPSA) is 51.0 Å². The molecule has 0 saturated heterocycles. The first-order valence-corrected chi connectivity index (χ1v) is 7.70. The molecular formula is C16H17BrN4O. The third-order valence-electron chi connectivity index (χ3n) is 3.08. The molecule has 0 N–H and O–H groups in total. The van der Waals surface area contributed by atoms with Crippen molar-refractivity contribution in [1.29, 1.82) is 0 Å². The molecular weight excluding hydrogens is 344 g/mol. The van der Waals surface area contributed by atoms with Crippen molar-refractivity contribution in [2.75, 3.05) is 13.1 Å². The molecule has 1 amide bonds. The van der Waals surface area contributed by atoms with E-state index in [4.69, 9.17) is 0 Å². The van der Waals surface area contributed by atoms with E-state index in [0.29, 0.717) is 18.8 Å². The van der Waals surface area contributed by atoms with Crippen molar-refractivity contribution in [2.45, 2.75) is 6.92 Å². The minimum absolute atomic E-state index is 0.202. The minimum Gasteiger partial charge on any atom is -0.319 e. The third kappa shape index (κ3) is 3.92. The highest BCUT2D eigenvalue weighted by atomic mass is 79.9. The number of benzene rings is 1. The van der Waals surface area contributed by atoms with E-state index >= 15 is 0 Å². The van der Waals surface area contributed by atoms with Gasteiger partial charge in [-0.15, -0.1) is 5.10 Å². The number of likely N-dealkylation sites (N-methyl/N-ethyl adjacent to an activating group) is 1. The van der Waals surface area contributed by atoms with Crippen LogP contribution in [0, 0.1) is 0 Å². The van der Waals surface area contributed by atoms with Gasteiger partial charge in [-0.3, -0.25) is 0 Å². The number of carbonyl (C=O) groups is 1. The van der Waals surface area contributed by atoms with Crippen LogP contribution in [-0.2, 0) is 0 Å². The summed E-state index contributed by atoms with van der Waals surface area (Å²) >= 11 is 3.39. The maximum Gasteiger partial charge on any atom is 0.346 e. The van der Waals surface area contributed by atoms with Crippen LogP contribution in [0.4, 0.5) is 4.79 Å². The van der Waals surface area contributed by atoms with Crippen molar-refractivity contribution in [3.05, 3.63) is 59.7 Å². The minimum atomic E-state index is -0.202. The maximum absolute atomic E-state index is 12.4. The Morgan fingerprint density at radius 2 is 2.14 bits per heavy atom. The zero-order valence-corrected chi connectivity index (χ0v) is 13.9. The summed E-state index contributed by atoms with van der Waals surface area (Å²) in [6, 6.07) is 7.50. The van der Waals surface area contributed by atoms with Crippen molar-refractivity contribution in [2.24, 2.45) is 0 Å².